The number of imidazole rings is 1. The second-order valence-electron chi connectivity index (χ2n) is 8.22. The van der Waals surface area contributed by atoms with Gasteiger partial charge < -0.3 is 19.5 Å². The number of ether oxygens (including phenoxy) is 1. The summed E-state index contributed by atoms with van der Waals surface area (Å²) < 4.78 is 7.95. The lowest BCUT2D eigenvalue weighted by molar-refractivity contribution is -0.141. The van der Waals surface area contributed by atoms with E-state index in [1.54, 1.807) is 12.4 Å². The van der Waals surface area contributed by atoms with Crippen molar-refractivity contribution in [3.63, 3.8) is 0 Å². The van der Waals surface area contributed by atoms with E-state index in [0.717, 1.165) is 22.7 Å². The zero-order valence-electron chi connectivity index (χ0n) is 17.9. The van der Waals surface area contributed by atoms with Crippen LogP contribution in [0.25, 0.3) is 0 Å². The van der Waals surface area contributed by atoms with Crippen LogP contribution in [0.3, 0.4) is 0 Å². The predicted octanol–water partition coefficient (Wildman–Crippen LogP) is 2.04. The molecule has 32 heavy (non-hydrogen) atoms. The number of carbonyl (C=O) groups is 2. The van der Waals surface area contributed by atoms with Crippen LogP contribution < -0.4 is 10.1 Å². The summed E-state index contributed by atoms with van der Waals surface area (Å²) >= 11 is 0. The zero-order chi connectivity index (χ0) is 22.1. The molecule has 0 saturated heterocycles. The quantitative estimate of drug-likeness (QED) is 0.668. The smallest absolute Gasteiger partial charge is 0.264 e. The van der Waals surface area contributed by atoms with Gasteiger partial charge in [-0.15, -0.1) is 0 Å². The highest BCUT2D eigenvalue weighted by Gasteiger charge is 2.37. The molecule has 0 saturated carbocycles. The number of rotatable bonds is 5. The van der Waals surface area contributed by atoms with E-state index in [2.05, 4.69) is 15.3 Å². The number of para-hydroxylation sites is 1. The Hall–Kier alpha value is -3.68. The fourth-order valence-corrected chi connectivity index (χ4v) is 4.37. The molecule has 0 fully saturated rings. The van der Waals surface area contributed by atoms with Crippen molar-refractivity contribution >= 4 is 11.8 Å². The second-order valence-corrected chi connectivity index (χ2v) is 8.22. The number of pyridine rings is 1. The van der Waals surface area contributed by atoms with E-state index in [1.807, 2.05) is 59.0 Å². The average molecular weight is 431 g/mol. The summed E-state index contributed by atoms with van der Waals surface area (Å²) in [6.45, 7) is 3.65. The van der Waals surface area contributed by atoms with Gasteiger partial charge in [0.25, 0.3) is 5.91 Å². The molecule has 2 aliphatic rings. The molecule has 1 N–H and O–H groups in total. The van der Waals surface area contributed by atoms with Crippen molar-refractivity contribution in [3.05, 3.63) is 77.6 Å². The van der Waals surface area contributed by atoms with E-state index in [9.17, 15) is 9.59 Å². The van der Waals surface area contributed by atoms with E-state index < -0.39 is 6.10 Å². The van der Waals surface area contributed by atoms with E-state index in [-0.39, 0.29) is 24.3 Å². The maximum atomic E-state index is 13.2. The number of hydrogen-bond donors (Lipinski definition) is 1. The Balaban J connectivity index is 1.22. The first-order chi connectivity index (χ1) is 15.6. The van der Waals surface area contributed by atoms with Gasteiger partial charge in [-0.2, -0.15) is 0 Å². The van der Waals surface area contributed by atoms with E-state index in [0.29, 0.717) is 31.7 Å². The van der Waals surface area contributed by atoms with Crippen LogP contribution in [-0.4, -0.2) is 43.9 Å². The normalized spacial score (nSPS) is 19.1. The predicted molar refractivity (Wildman–Crippen MR) is 117 cm³/mol. The fourth-order valence-electron chi connectivity index (χ4n) is 4.37. The van der Waals surface area contributed by atoms with Crippen LogP contribution in [0.2, 0.25) is 0 Å². The molecular formula is C24H25N5O3. The third kappa shape index (κ3) is 3.95. The van der Waals surface area contributed by atoms with Crippen LogP contribution in [0, 0.1) is 0 Å². The highest BCUT2D eigenvalue weighted by molar-refractivity contribution is 5.83. The van der Waals surface area contributed by atoms with Crippen molar-refractivity contribution in [2.45, 2.75) is 45.0 Å². The molecule has 0 aliphatic carbocycles. The molecule has 2 aromatic heterocycles. The molecule has 3 aromatic rings. The summed E-state index contributed by atoms with van der Waals surface area (Å²) in [6, 6.07) is 11.4. The van der Waals surface area contributed by atoms with E-state index in [4.69, 9.17) is 4.74 Å². The monoisotopic (exact) mass is 431 g/mol. The largest absolute Gasteiger partial charge is 0.480 e. The molecule has 2 amide bonds. The minimum absolute atomic E-state index is 0.0151. The Morgan fingerprint density at radius 3 is 2.88 bits per heavy atom. The molecule has 0 bridgehead atoms. The molecule has 2 aliphatic heterocycles. The summed E-state index contributed by atoms with van der Waals surface area (Å²) in [5, 5.41) is 2.90. The maximum Gasteiger partial charge on any atom is 0.264 e. The number of aromatic nitrogens is 3. The van der Waals surface area contributed by atoms with Gasteiger partial charge in [-0.05, 0) is 30.2 Å². The van der Waals surface area contributed by atoms with Gasteiger partial charge in [0.1, 0.15) is 11.6 Å². The Bertz CT molecular complexity index is 1120. The van der Waals surface area contributed by atoms with Gasteiger partial charge in [0, 0.05) is 44.6 Å². The molecule has 0 unspecified atom stereocenters. The van der Waals surface area contributed by atoms with Crippen LogP contribution in [0.15, 0.2) is 55.0 Å². The lowest BCUT2D eigenvalue weighted by Crippen LogP contribution is -2.47. The standard InChI is InChI=1S/C24H25N5O3/c1-16-23-27-19(12-22(30)26-14-17-5-4-8-25-13-17)15-28(23)9-10-29(16)24(31)21-11-18-6-2-3-7-20(18)32-21/h2-8,13,15-16,21H,9-12,14H2,1H3,(H,26,30)/t16-,21-/m0/s1. The molecule has 2 atom stereocenters. The average Bonchev–Trinajstić information content (AvgIpc) is 3.42. The highest BCUT2D eigenvalue weighted by Crippen LogP contribution is 2.32. The Morgan fingerprint density at radius 2 is 2.06 bits per heavy atom. The first-order valence-corrected chi connectivity index (χ1v) is 10.8. The van der Waals surface area contributed by atoms with Crippen molar-refractivity contribution in [2.24, 2.45) is 0 Å². The zero-order valence-corrected chi connectivity index (χ0v) is 17.9. The molecular weight excluding hydrogens is 406 g/mol. The van der Waals surface area contributed by atoms with Gasteiger partial charge in [0.15, 0.2) is 6.10 Å². The Morgan fingerprint density at radius 1 is 1.19 bits per heavy atom. The van der Waals surface area contributed by atoms with Crippen LogP contribution in [0.5, 0.6) is 5.75 Å². The van der Waals surface area contributed by atoms with Crippen molar-refractivity contribution in [3.8, 4) is 5.75 Å². The lowest BCUT2D eigenvalue weighted by Gasteiger charge is -2.35. The number of carbonyl (C=O) groups excluding carboxylic acids is 2. The number of amides is 2. The van der Waals surface area contributed by atoms with Gasteiger partial charge in [0.05, 0.1) is 18.2 Å². The molecule has 8 heteroatoms. The summed E-state index contributed by atoms with van der Waals surface area (Å²) in [6.07, 6.45) is 5.65. The third-order valence-corrected chi connectivity index (χ3v) is 6.04. The van der Waals surface area contributed by atoms with E-state index in [1.165, 1.54) is 0 Å². The van der Waals surface area contributed by atoms with Crippen molar-refractivity contribution in [2.75, 3.05) is 6.54 Å². The molecule has 4 heterocycles. The van der Waals surface area contributed by atoms with Crippen molar-refractivity contribution in [1.29, 1.82) is 0 Å². The number of benzene rings is 1. The number of hydrogen-bond acceptors (Lipinski definition) is 5. The molecule has 5 rings (SSSR count). The van der Waals surface area contributed by atoms with Crippen LogP contribution >= 0.6 is 0 Å². The SMILES string of the molecule is C[C@H]1c2nc(CC(=O)NCc3cccnc3)cn2CCN1C(=O)[C@@H]1Cc2ccccc2O1. The first-order valence-electron chi connectivity index (χ1n) is 10.8. The third-order valence-electron chi connectivity index (χ3n) is 6.04. The highest BCUT2D eigenvalue weighted by atomic mass is 16.5. The van der Waals surface area contributed by atoms with Crippen LogP contribution in [0.1, 0.15) is 35.6 Å². The number of nitrogens with zero attached hydrogens (tertiary/aromatic N) is 4. The minimum Gasteiger partial charge on any atom is -0.480 e. The number of fused-ring (bicyclic) bond motifs is 2. The van der Waals surface area contributed by atoms with Crippen molar-refractivity contribution < 1.29 is 14.3 Å². The first kappa shape index (κ1) is 20.2. The van der Waals surface area contributed by atoms with Gasteiger partial charge >= 0.3 is 0 Å². The second kappa shape index (κ2) is 8.45. The Labute approximate surface area is 186 Å². The van der Waals surface area contributed by atoms with Gasteiger partial charge in [-0.25, -0.2) is 4.98 Å². The van der Waals surface area contributed by atoms with E-state index >= 15 is 0 Å². The summed E-state index contributed by atoms with van der Waals surface area (Å²) in [7, 11) is 0. The van der Waals surface area contributed by atoms with Crippen LogP contribution in [0.4, 0.5) is 0 Å². The lowest BCUT2D eigenvalue weighted by atomic mass is 10.1. The van der Waals surface area contributed by atoms with Gasteiger partial charge in [0.2, 0.25) is 5.91 Å². The molecule has 8 nitrogen and oxygen atoms in total. The van der Waals surface area contributed by atoms with Crippen LogP contribution in [-0.2, 0) is 35.5 Å². The summed E-state index contributed by atoms with van der Waals surface area (Å²) in [5.41, 5.74) is 2.72. The Kier molecular flexibility index (Phi) is 5.34. The molecule has 0 spiro atoms. The van der Waals surface area contributed by atoms with Gasteiger partial charge in [-0.1, -0.05) is 24.3 Å². The maximum absolute atomic E-state index is 13.2. The molecule has 1 aromatic carbocycles. The summed E-state index contributed by atoms with van der Waals surface area (Å²) in [4.78, 5) is 36.1. The summed E-state index contributed by atoms with van der Waals surface area (Å²) in [5.74, 6) is 1.48. The molecule has 164 valence electrons. The topological polar surface area (TPSA) is 89.4 Å². The van der Waals surface area contributed by atoms with Gasteiger partial charge in [-0.3, -0.25) is 14.6 Å². The van der Waals surface area contributed by atoms with Crippen molar-refractivity contribution in [1.82, 2.24) is 24.8 Å². The fraction of sp³-hybridized carbons (Fsp3) is 0.333. The minimum atomic E-state index is -0.492. The number of nitrogens with one attached hydrogen (secondary N) is 1. The molecule has 0 radical (unpaired) electrons.